The third kappa shape index (κ3) is 5.44. The number of hydrogen-bond acceptors (Lipinski definition) is 3. The molecule has 0 saturated heterocycles. The van der Waals surface area contributed by atoms with E-state index in [2.05, 4.69) is 46.9 Å². The van der Waals surface area contributed by atoms with Crippen LogP contribution >= 0.6 is 27.3 Å². The zero-order valence-corrected chi connectivity index (χ0v) is 16.2. The van der Waals surface area contributed by atoms with Crippen LogP contribution in [0.2, 0.25) is 0 Å². The molecule has 0 atom stereocenters. The van der Waals surface area contributed by atoms with Gasteiger partial charge in [-0.2, -0.15) is 0 Å². The second-order valence-electron chi connectivity index (χ2n) is 5.74. The van der Waals surface area contributed by atoms with Gasteiger partial charge in [0.25, 0.3) is 5.91 Å². The lowest BCUT2D eigenvalue weighted by molar-refractivity contribution is 0.0951. The van der Waals surface area contributed by atoms with Crippen LogP contribution in [-0.2, 0) is 13.1 Å². The molecule has 124 valence electrons. The van der Waals surface area contributed by atoms with E-state index in [0.29, 0.717) is 18.2 Å². The van der Waals surface area contributed by atoms with E-state index < -0.39 is 0 Å². The summed E-state index contributed by atoms with van der Waals surface area (Å²) >= 11 is 5.07. The van der Waals surface area contributed by atoms with Gasteiger partial charge in [-0.1, -0.05) is 19.1 Å². The molecule has 0 bridgehead atoms. The number of nitrogens with zero attached hydrogens (tertiary/aromatic N) is 1. The summed E-state index contributed by atoms with van der Waals surface area (Å²) in [6, 6.07) is 12.4. The molecular formula is C18H23BrN2OS. The van der Waals surface area contributed by atoms with Gasteiger partial charge in [-0.25, -0.2) is 0 Å². The number of benzene rings is 1. The van der Waals surface area contributed by atoms with Crippen molar-refractivity contribution in [3.63, 3.8) is 0 Å². The van der Waals surface area contributed by atoms with Gasteiger partial charge >= 0.3 is 0 Å². The average Bonchev–Trinajstić information content (AvgIpc) is 2.96. The highest BCUT2D eigenvalue weighted by atomic mass is 79.9. The molecule has 0 unspecified atom stereocenters. The molecule has 1 amide bonds. The first-order chi connectivity index (χ1) is 11.0. The summed E-state index contributed by atoms with van der Waals surface area (Å²) in [4.78, 5) is 15.7. The highest BCUT2D eigenvalue weighted by Crippen LogP contribution is 2.21. The molecule has 1 heterocycles. The number of halogens is 1. The fourth-order valence-electron chi connectivity index (χ4n) is 2.37. The lowest BCUT2D eigenvalue weighted by Crippen LogP contribution is -2.30. The first kappa shape index (κ1) is 18.2. The van der Waals surface area contributed by atoms with Crippen molar-refractivity contribution in [2.45, 2.75) is 39.9 Å². The molecule has 5 heteroatoms. The summed E-state index contributed by atoms with van der Waals surface area (Å²) in [5.41, 5.74) is 1.94. The van der Waals surface area contributed by atoms with Gasteiger partial charge < -0.3 is 5.32 Å². The largest absolute Gasteiger partial charge is 0.347 e. The quantitative estimate of drug-likeness (QED) is 0.739. The first-order valence-electron chi connectivity index (χ1n) is 7.85. The maximum absolute atomic E-state index is 12.2. The van der Waals surface area contributed by atoms with Gasteiger partial charge in [-0.05, 0) is 66.2 Å². The highest BCUT2D eigenvalue weighted by molar-refractivity contribution is 9.11. The molecule has 2 aromatic rings. The summed E-state index contributed by atoms with van der Waals surface area (Å²) < 4.78 is 1.08. The summed E-state index contributed by atoms with van der Waals surface area (Å²) in [6.07, 6.45) is 0. The van der Waals surface area contributed by atoms with Crippen LogP contribution in [0.1, 0.15) is 41.6 Å². The zero-order chi connectivity index (χ0) is 16.8. The van der Waals surface area contributed by atoms with E-state index in [4.69, 9.17) is 0 Å². The van der Waals surface area contributed by atoms with Gasteiger partial charge in [-0.3, -0.25) is 9.69 Å². The fourth-order valence-corrected chi connectivity index (χ4v) is 3.79. The van der Waals surface area contributed by atoms with Crippen LogP contribution in [0.4, 0.5) is 0 Å². The van der Waals surface area contributed by atoms with Crippen molar-refractivity contribution in [2.24, 2.45) is 0 Å². The van der Waals surface area contributed by atoms with E-state index in [1.807, 2.05) is 36.4 Å². The van der Waals surface area contributed by atoms with Gasteiger partial charge in [0.15, 0.2) is 0 Å². The monoisotopic (exact) mass is 394 g/mol. The predicted molar refractivity (Wildman–Crippen MR) is 101 cm³/mol. The highest BCUT2D eigenvalue weighted by Gasteiger charge is 2.09. The Balaban J connectivity index is 1.91. The second kappa shape index (κ2) is 8.62. The van der Waals surface area contributed by atoms with Crippen LogP contribution in [0, 0.1) is 0 Å². The predicted octanol–water partition coefficient (Wildman–Crippen LogP) is 4.67. The van der Waals surface area contributed by atoms with Crippen molar-refractivity contribution < 1.29 is 4.79 Å². The Labute approximate surface area is 150 Å². The number of nitrogens with one attached hydrogen (secondary N) is 1. The lowest BCUT2D eigenvalue weighted by atomic mass is 10.1. The summed E-state index contributed by atoms with van der Waals surface area (Å²) in [5.74, 6) is -0.0303. The van der Waals surface area contributed by atoms with Gasteiger partial charge in [-0.15, -0.1) is 11.3 Å². The van der Waals surface area contributed by atoms with Crippen molar-refractivity contribution in [3.8, 4) is 0 Å². The number of thiophene rings is 1. The summed E-state index contributed by atoms with van der Waals surface area (Å²) in [6.45, 7) is 9.08. The normalized spacial score (nSPS) is 11.2. The van der Waals surface area contributed by atoms with Crippen LogP contribution in [0.15, 0.2) is 40.2 Å². The topological polar surface area (TPSA) is 32.3 Å². The van der Waals surface area contributed by atoms with E-state index in [1.54, 1.807) is 11.3 Å². The molecule has 0 aliphatic carbocycles. The molecule has 23 heavy (non-hydrogen) atoms. The smallest absolute Gasteiger partial charge is 0.251 e. The molecule has 0 aliphatic rings. The number of carbonyl (C=O) groups is 1. The SMILES string of the molecule is CCN(Cc1ccc(C(=O)NCc2ccc(Br)s2)cc1)C(C)C. The maximum atomic E-state index is 12.2. The van der Waals surface area contributed by atoms with Crippen molar-refractivity contribution in [2.75, 3.05) is 6.54 Å². The van der Waals surface area contributed by atoms with Crippen molar-refractivity contribution >= 4 is 33.2 Å². The summed E-state index contributed by atoms with van der Waals surface area (Å²) in [7, 11) is 0. The Morgan fingerprint density at radius 1 is 1.22 bits per heavy atom. The van der Waals surface area contributed by atoms with E-state index in [0.717, 1.165) is 21.8 Å². The Kier molecular flexibility index (Phi) is 6.81. The van der Waals surface area contributed by atoms with E-state index in [1.165, 1.54) is 5.56 Å². The van der Waals surface area contributed by atoms with Crippen molar-refractivity contribution in [1.29, 1.82) is 0 Å². The van der Waals surface area contributed by atoms with Crippen LogP contribution < -0.4 is 5.32 Å². The molecule has 0 saturated carbocycles. The summed E-state index contributed by atoms with van der Waals surface area (Å²) in [5, 5.41) is 2.96. The minimum atomic E-state index is -0.0303. The average molecular weight is 395 g/mol. The Hall–Kier alpha value is -1.17. The van der Waals surface area contributed by atoms with Crippen LogP contribution in [0.3, 0.4) is 0 Å². The maximum Gasteiger partial charge on any atom is 0.251 e. The van der Waals surface area contributed by atoms with Crippen molar-refractivity contribution in [1.82, 2.24) is 10.2 Å². The number of amides is 1. The van der Waals surface area contributed by atoms with Gasteiger partial charge in [0.1, 0.15) is 0 Å². The minimum absolute atomic E-state index is 0.0303. The third-order valence-corrected chi connectivity index (χ3v) is 5.41. The Morgan fingerprint density at radius 2 is 1.91 bits per heavy atom. The van der Waals surface area contributed by atoms with Crippen LogP contribution in [0.25, 0.3) is 0 Å². The first-order valence-corrected chi connectivity index (χ1v) is 9.46. The van der Waals surface area contributed by atoms with E-state index >= 15 is 0 Å². The number of rotatable bonds is 7. The van der Waals surface area contributed by atoms with Crippen molar-refractivity contribution in [3.05, 3.63) is 56.2 Å². The molecule has 0 spiro atoms. The molecule has 1 aromatic heterocycles. The molecular weight excluding hydrogens is 372 g/mol. The lowest BCUT2D eigenvalue weighted by Gasteiger charge is -2.24. The standard InChI is InChI=1S/C18H23BrN2OS/c1-4-21(13(2)3)12-14-5-7-15(8-6-14)18(22)20-11-16-9-10-17(19)23-16/h5-10,13H,4,11-12H2,1-3H3,(H,20,22). The molecule has 2 rings (SSSR count). The minimum Gasteiger partial charge on any atom is -0.347 e. The fraction of sp³-hybridized carbons (Fsp3) is 0.389. The van der Waals surface area contributed by atoms with E-state index in [9.17, 15) is 4.79 Å². The molecule has 3 nitrogen and oxygen atoms in total. The van der Waals surface area contributed by atoms with Crippen LogP contribution in [-0.4, -0.2) is 23.4 Å². The molecule has 1 aromatic carbocycles. The molecule has 0 aliphatic heterocycles. The second-order valence-corrected chi connectivity index (χ2v) is 8.29. The zero-order valence-electron chi connectivity index (χ0n) is 13.8. The Morgan fingerprint density at radius 3 is 2.43 bits per heavy atom. The van der Waals surface area contributed by atoms with E-state index in [-0.39, 0.29) is 5.91 Å². The number of carbonyl (C=O) groups excluding carboxylic acids is 1. The van der Waals surface area contributed by atoms with Crippen LogP contribution in [0.5, 0.6) is 0 Å². The molecule has 1 N–H and O–H groups in total. The number of hydrogen-bond donors (Lipinski definition) is 1. The molecule has 0 fully saturated rings. The van der Waals surface area contributed by atoms with Gasteiger partial charge in [0.05, 0.1) is 10.3 Å². The van der Waals surface area contributed by atoms with Gasteiger partial charge in [0.2, 0.25) is 0 Å². The molecule has 0 radical (unpaired) electrons. The van der Waals surface area contributed by atoms with Gasteiger partial charge in [0, 0.05) is 23.0 Å². The third-order valence-electron chi connectivity index (χ3n) is 3.79. The Bertz CT molecular complexity index is 637.